The SMILES string of the molecule is C[C@@H](O)CNC(=O)C(=O)N1CCN(c2nc(-c3ccco3)c3c(c2C#N)CCC3)CC1. The Kier molecular flexibility index (Phi) is 5.91. The van der Waals surface area contributed by atoms with Gasteiger partial charge in [-0.05, 0) is 49.4 Å². The molecular formula is C22H25N5O4. The number of aliphatic hydroxyl groups excluding tert-OH is 1. The second-order valence-electron chi connectivity index (χ2n) is 7.90. The number of nitriles is 1. The third kappa shape index (κ3) is 4.11. The zero-order valence-electron chi connectivity index (χ0n) is 17.4. The van der Waals surface area contributed by atoms with E-state index in [1.165, 1.54) is 11.8 Å². The predicted molar refractivity (Wildman–Crippen MR) is 112 cm³/mol. The maximum Gasteiger partial charge on any atom is 0.312 e. The Morgan fingerprint density at radius 1 is 1.29 bits per heavy atom. The molecule has 0 saturated carbocycles. The minimum Gasteiger partial charge on any atom is -0.463 e. The van der Waals surface area contributed by atoms with E-state index < -0.39 is 17.9 Å². The Morgan fingerprint density at radius 2 is 2.03 bits per heavy atom. The van der Waals surface area contributed by atoms with Crippen LogP contribution in [0.25, 0.3) is 11.5 Å². The molecule has 1 atom stereocenters. The fourth-order valence-electron chi connectivity index (χ4n) is 4.19. The highest BCUT2D eigenvalue weighted by molar-refractivity contribution is 6.35. The van der Waals surface area contributed by atoms with Crippen LogP contribution in [0.4, 0.5) is 5.82 Å². The highest BCUT2D eigenvalue weighted by Gasteiger charge is 2.31. The van der Waals surface area contributed by atoms with Crippen molar-refractivity contribution in [1.29, 1.82) is 5.26 Å². The van der Waals surface area contributed by atoms with Gasteiger partial charge in [-0.25, -0.2) is 4.98 Å². The van der Waals surface area contributed by atoms with E-state index in [2.05, 4.69) is 11.4 Å². The van der Waals surface area contributed by atoms with Crippen LogP contribution in [0.5, 0.6) is 0 Å². The van der Waals surface area contributed by atoms with Gasteiger partial charge in [-0.3, -0.25) is 9.59 Å². The third-order valence-corrected chi connectivity index (χ3v) is 5.73. The van der Waals surface area contributed by atoms with E-state index in [9.17, 15) is 20.0 Å². The molecule has 0 unspecified atom stereocenters. The number of carbonyl (C=O) groups excluding carboxylic acids is 2. The molecule has 31 heavy (non-hydrogen) atoms. The van der Waals surface area contributed by atoms with Crippen LogP contribution >= 0.6 is 0 Å². The zero-order chi connectivity index (χ0) is 22.0. The van der Waals surface area contributed by atoms with Gasteiger partial charge in [0.2, 0.25) is 0 Å². The summed E-state index contributed by atoms with van der Waals surface area (Å²) in [6.45, 7) is 3.20. The summed E-state index contributed by atoms with van der Waals surface area (Å²) in [6.07, 6.45) is 3.59. The number of fused-ring (bicyclic) bond motifs is 1. The third-order valence-electron chi connectivity index (χ3n) is 5.73. The molecule has 1 aliphatic heterocycles. The van der Waals surface area contributed by atoms with Crippen molar-refractivity contribution < 1.29 is 19.1 Å². The fraction of sp³-hybridized carbons (Fsp3) is 0.455. The minimum atomic E-state index is -0.720. The molecule has 3 heterocycles. The summed E-state index contributed by atoms with van der Waals surface area (Å²) in [6, 6.07) is 6.04. The molecule has 0 bridgehead atoms. The predicted octanol–water partition coefficient (Wildman–Crippen LogP) is 0.848. The van der Waals surface area contributed by atoms with Crippen LogP contribution in [0.3, 0.4) is 0 Å². The average Bonchev–Trinajstić information content (AvgIpc) is 3.48. The van der Waals surface area contributed by atoms with Gasteiger partial charge in [0.15, 0.2) is 5.76 Å². The van der Waals surface area contributed by atoms with Crippen molar-refractivity contribution in [2.24, 2.45) is 0 Å². The van der Waals surface area contributed by atoms with Crippen LogP contribution in [0.2, 0.25) is 0 Å². The Morgan fingerprint density at radius 3 is 2.68 bits per heavy atom. The molecule has 1 fully saturated rings. The monoisotopic (exact) mass is 423 g/mol. The summed E-state index contributed by atoms with van der Waals surface area (Å²) in [7, 11) is 0. The minimum absolute atomic E-state index is 0.0324. The Balaban J connectivity index is 1.54. The first kappa shape index (κ1) is 20.9. The first-order chi connectivity index (χ1) is 15.0. The van der Waals surface area contributed by atoms with E-state index in [1.54, 1.807) is 6.26 Å². The smallest absolute Gasteiger partial charge is 0.312 e. The van der Waals surface area contributed by atoms with Crippen molar-refractivity contribution in [3.63, 3.8) is 0 Å². The number of amides is 2. The Labute approximate surface area is 180 Å². The van der Waals surface area contributed by atoms with Crippen LogP contribution in [-0.2, 0) is 22.4 Å². The van der Waals surface area contributed by atoms with Gasteiger partial charge in [0, 0.05) is 32.7 Å². The van der Waals surface area contributed by atoms with E-state index in [-0.39, 0.29) is 6.54 Å². The van der Waals surface area contributed by atoms with Gasteiger partial charge in [0.05, 0.1) is 17.9 Å². The van der Waals surface area contributed by atoms with Crippen LogP contribution in [0.1, 0.15) is 30.0 Å². The topological polar surface area (TPSA) is 123 Å². The van der Waals surface area contributed by atoms with Gasteiger partial charge in [-0.15, -0.1) is 0 Å². The van der Waals surface area contributed by atoms with E-state index in [0.717, 1.165) is 36.1 Å². The molecule has 1 aliphatic carbocycles. The van der Waals surface area contributed by atoms with Crippen LogP contribution in [0.15, 0.2) is 22.8 Å². The normalized spacial score (nSPS) is 16.5. The first-order valence-electron chi connectivity index (χ1n) is 10.5. The number of nitrogens with one attached hydrogen (secondary N) is 1. The maximum absolute atomic E-state index is 12.4. The fourth-order valence-corrected chi connectivity index (χ4v) is 4.19. The zero-order valence-corrected chi connectivity index (χ0v) is 17.4. The number of carbonyl (C=O) groups is 2. The molecule has 4 rings (SSSR count). The molecule has 1 saturated heterocycles. The van der Waals surface area contributed by atoms with Crippen molar-refractivity contribution in [3.8, 4) is 17.5 Å². The highest BCUT2D eigenvalue weighted by atomic mass is 16.3. The Bertz CT molecular complexity index is 1020. The van der Waals surface area contributed by atoms with E-state index >= 15 is 0 Å². The first-order valence-corrected chi connectivity index (χ1v) is 10.5. The molecular weight excluding hydrogens is 398 g/mol. The summed E-state index contributed by atoms with van der Waals surface area (Å²) in [5.74, 6) is -0.0329. The lowest BCUT2D eigenvalue weighted by Gasteiger charge is -2.35. The molecule has 2 N–H and O–H groups in total. The number of piperazine rings is 1. The van der Waals surface area contributed by atoms with Gasteiger partial charge in [-0.2, -0.15) is 5.26 Å². The molecule has 2 aromatic heterocycles. The molecule has 9 nitrogen and oxygen atoms in total. The summed E-state index contributed by atoms with van der Waals surface area (Å²) < 4.78 is 5.60. The van der Waals surface area contributed by atoms with Crippen molar-refractivity contribution >= 4 is 17.6 Å². The van der Waals surface area contributed by atoms with Gasteiger partial charge in [-0.1, -0.05) is 0 Å². The average molecular weight is 423 g/mol. The number of anilines is 1. The molecule has 2 aromatic rings. The lowest BCUT2D eigenvalue weighted by Crippen LogP contribution is -2.53. The number of pyridine rings is 1. The number of aliphatic hydroxyl groups is 1. The van der Waals surface area contributed by atoms with E-state index in [0.29, 0.717) is 43.3 Å². The number of hydrogen-bond donors (Lipinski definition) is 2. The summed E-state index contributed by atoms with van der Waals surface area (Å²) >= 11 is 0. The van der Waals surface area contributed by atoms with Crippen molar-refractivity contribution in [1.82, 2.24) is 15.2 Å². The van der Waals surface area contributed by atoms with Crippen molar-refractivity contribution in [3.05, 3.63) is 35.1 Å². The molecule has 2 amide bonds. The summed E-state index contributed by atoms with van der Waals surface area (Å²) in [5, 5.41) is 21.6. The standard InChI is InChI=1S/C22H25N5O4/c1-14(28)13-24-21(29)22(30)27-9-7-26(8-10-27)20-17(12-23)15-4-2-5-16(15)19(25-20)18-6-3-11-31-18/h3,6,11,14,28H,2,4-5,7-10,13H2,1H3,(H,24,29)/t14-/m1/s1. The van der Waals surface area contributed by atoms with Crippen LogP contribution in [0, 0.1) is 11.3 Å². The molecule has 162 valence electrons. The Hall–Kier alpha value is -3.38. The quantitative estimate of drug-likeness (QED) is 0.699. The molecule has 0 spiro atoms. The summed E-state index contributed by atoms with van der Waals surface area (Å²) in [5.41, 5.74) is 3.49. The van der Waals surface area contributed by atoms with Gasteiger partial charge < -0.3 is 24.6 Å². The highest BCUT2D eigenvalue weighted by Crippen LogP contribution is 2.37. The second kappa shape index (κ2) is 8.78. The number of furan rings is 1. The molecule has 9 heteroatoms. The number of nitrogens with zero attached hydrogens (tertiary/aromatic N) is 4. The number of aromatic nitrogens is 1. The van der Waals surface area contributed by atoms with Gasteiger partial charge in [0.25, 0.3) is 0 Å². The number of hydrogen-bond acceptors (Lipinski definition) is 7. The molecule has 2 aliphatic rings. The second-order valence-corrected chi connectivity index (χ2v) is 7.90. The molecule has 0 radical (unpaired) electrons. The van der Waals surface area contributed by atoms with Crippen LogP contribution in [-0.4, -0.2) is 65.6 Å². The van der Waals surface area contributed by atoms with Gasteiger partial charge >= 0.3 is 11.8 Å². The van der Waals surface area contributed by atoms with Crippen molar-refractivity contribution in [2.45, 2.75) is 32.3 Å². The van der Waals surface area contributed by atoms with Crippen molar-refractivity contribution in [2.75, 3.05) is 37.6 Å². The molecule has 0 aromatic carbocycles. The lowest BCUT2D eigenvalue weighted by molar-refractivity contribution is -0.146. The summed E-state index contributed by atoms with van der Waals surface area (Å²) in [4.78, 5) is 32.7. The van der Waals surface area contributed by atoms with Gasteiger partial charge in [0.1, 0.15) is 17.6 Å². The van der Waals surface area contributed by atoms with E-state index in [1.807, 2.05) is 17.0 Å². The van der Waals surface area contributed by atoms with E-state index in [4.69, 9.17) is 9.40 Å². The largest absolute Gasteiger partial charge is 0.463 e. The maximum atomic E-state index is 12.4. The number of rotatable bonds is 4. The van der Waals surface area contributed by atoms with Crippen LogP contribution < -0.4 is 10.2 Å². The lowest BCUT2D eigenvalue weighted by atomic mass is 10.0.